The first kappa shape index (κ1) is 13.5. The molecule has 94 valence electrons. The number of aliphatic imine (C=N–C) groups is 1. The molecule has 1 aromatic carbocycles. The highest BCUT2D eigenvalue weighted by Crippen LogP contribution is 2.17. The zero-order valence-corrected chi connectivity index (χ0v) is 11.1. The Kier molecular flexibility index (Phi) is 4.97. The van der Waals surface area contributed by atoms with E-state index in [-0.39, 0.29) is 6.04 Å². The Morgan fingerprint density at radius 3 is 2.41 bits per heavy atom. The Morgan fingerprint density at radius 1 is 1.35 bits per heavy atom. The zero-order valence-electron chi connectivity index (χ0n) is 11.1. The molecule has 0 aliphatic heterocycles. The van der Waals surface area contributed by atoms with Crippen molar-refractivity contribution in [1.82, 2.24) is 10.2 Å². The minimum Gasteiger partial charge on any atom is -0.370 e. The second-order valence-corrected chi connectivity index (χ2v) is 4.38. The SMILES string of the molecule is CN=C(N)NCC(c1ccc(C)cc1)N(C)C. The molecule has 1 atom stereocenters. The van der Waals surface area contributed by atoms with Crippen molar-refractivity contribution in [2.45, 2.75) is 13.0 Å². The number of nitrogens with one attached hydrogen (secondary N) is 1. The van der Waals surface area contributed by atoms with Gasteiger partial charge < -0.3 is 16.0 Å². The van der Waals surface area contributed by atoms with Crippen LogP contribution in [0, 0.1) is 6.92 Å². The smallest absolute Gasteiger partial charge is 0.188 e. The van der Waals surface area contributed by atoms with Crippen molar-refractivity contribution in [2.75, 3.05) is 27.7 Å². The largest absolute Gasteiger partial charge is 0.370 e. The highest BCUT2D eigenvalue weighted by Gasteiger charge is 2.13. The van der Waals surface area contributed by atoms with Gasteiger partial charge in [-0.3, -0.25) is 4.99 Å². The van der Waals surface area contributed by atoms with Crippen molar-refractivity contribution >= 4 is 5.96 Å². The van der Waals surface area contributed by atoms with Gasteiger partial charge in [0.15, 0.2) is 5.96 Å². The van der Waals surface area contributed by atoms with E-state index in [1.165, 1.54) is 11.1 Å². The normalized spacial score (nSPS) is 13.8. The topological polar surface area (TPSA) is 53.6 Å². The monoisotopic (exact) mass is 234 g/mol. The summed E-state index contributed by atoms with van der Waals surface area (Å²) in [6, 6.07) is 8.85. The lowest BCUT2D eigenvalue weighted by molar-refractivity contribution is 0.298. The molecule has 0 aromatic heterocycles. The third-order valence-corrected chi connectivity index (χ3v) is 2.80. The number of likely N-dealkylation sites (N-methyl/N-ethyl adjacent to an activating group) is 1. The molecule has 0 fully saturated rings. The first-order chi connectivity index (χ1) is 8.04. The lowest BCUT2D eigenvalue weighted by atomic mass is 10.0. The fourth-order valence-corrected chi connectivity index (χ4v) is 1.67. The summed E-state index contributed by atoms with van der Waals surface area (Å²) in [6.07, 6.45) is 0. The van der Waals surface area contributed by atoms with Gasteiger partial charge in [0.2, 0.25) is 0 Å². The maximum Gasteiger partial charge on any atom is 0.188 e. The van der Waals surface area contributed by atoms with E-state index in [4.69, 9.17) is 5.73 Å². The fraction of sp³-hybridized carbons (Fsp3) is 0.462. The molecule has 4 nitrogen and oxygen atoms in total. The van der Waals surface area contributed by atoms with Crippen LogP contribution in [0.1, 0.15) is 17.2 Å². The predicted molar refractivity (Wildman–Crippen MR) is 73.2 cm³/mol. The van der Waals surface area contributed by atoms with Gasteiger partial charge in [-0.25, -0.2) is 0 Å². The van der Waals surface area contributed by atoms with Gasteiger partial charge in [0.25, 0.3) is 0 Å². The summed E-state index contributed by atoms with van der Waals surface area (Å²) in [5.74, 6) is 0.476. The van der Waals surface area contributed by atoms with Crippen LogP contribution < -0.4 is 11.1 Å². The zero-order chi connectivity index (χ0) is 12.8. The van der Waals surface area contributed by atoms with E-state index in [0.717, 1.165) is 6.54 Å². The number of rotatable bonds is 4. The molecule has 0 heterocycles. The van der Waals surface area contributed by atoms with E-state index in [9.17, 15) is 0 Å². The van der Waals surface area contributed by atoms with Crippen LogP contribution in [-0.2, 0) is 0 Å². The van der Waals surface area contributed by atoms with E-state index >= 15 is 0 Å². The van der Waals surface area contributed by atoms with Gasteiger partial charge >= 0.3 is 0 Å². The second-order valence-electron chi connectivity index (χ2n) is 4.38. The number of benzene rings is 1. The maximum absolute atomic E-state index is 5.64. The van der Waals surface area contributed by atoms with Crippen LogP contribution in [0.15, 0.2) is 29.3 Å². The summed E-state index contributed by atoms with van der Waals surface area (Å²) in [5, 5.41) is 3.11. The van der Waals surface area contributed by atoms with Gasteiger partial charge in [0.05, 0.1) is 6.04 Å². The molecule has 0 bridgehead atoms. The van der Waals surface area contributed by atoms with Crippen LogP contribution in [-0.4, -0.2) is 38.5 Å². The van der Waals surface area contributed by atoms with Gasteiger partial charge in [0.1, 0.15) is 0 Å². The van der Waals surface area contributed by atoms with Crippen molar-refractivity contribution in [3.8, 4) is 0 Å². The lowest BCUT2D eigenvalue weighted by Crippen LogP contribution is -2.38. The molecule has 1 aromatic rings. The molecule has 1 unspecified atom stereocenters. The third-order valence-electron chi connectivity index (χ3n) is 2.80. The minimum atomic E-state index is 0.288. The standard InChI is InChI=1S/C13H22N4/c1-10-5-7-11(8-6-10)12(17(3)4)9-16-13(14)15-2/h5-8,12H,9H2,1-4H3,(H3,14,15,16). The number of hydrogen-bond acceptors (Lipinski definition) is 2. The lowest BCUT2D eigenvalue weighted by Gasteiger charge is -2.25. The summed E-state index contributed by atoms with van der Waals surface area (Å²) >= 11 is 0. The van der Waals surface area contributed by atoms with E-state index < -0.39 is 0 Å². The molecule has 0 radical (unpaired) electrons. The number of guanidine groups is 1. The highest BCUT2D eigenvalue weighted by atomic mass is 15.2. The van der Waals surface area contributed by atoms with E-state index in [1.807, 2.05) is 0 Å². The second kappa shape index (κ2) is 6.25. The molecule has 0 amide bonds. The number of nitrogens with two attached hydrogens (primary N) is 1. The van der Waals surface area contributed by atoms with E-state index in [1.54, 1.807) is 7.05 Å². The first-order valence-electron chi connectivity index (χ1n) is 5.73. The summed E-state index contributed by atoms with van der Waals surface area (Å²) in [5.41, 5.74) is 8.19. The third kappa shape index (κ3) is 4.07. The summed E-state index contributed by atoms with van der Waals surface area (Å²) in [4.78, 5) is 6.06. The molecule has 0 aliphatic carbocycles. The van der Waals surface area contributed by atoms with E-state index in [0.29, 0.717) is 5.96 Å². The van der Waals surface area contributed by atoms with Crippen molar-refractivity contribution in [2.24, 2.45) is 10.7 Å². The van der Waals surface area contributed by atoms with Gasteiger partial charge in [-0.2, -0.15) is 0 Å². The Bertz CT molecular complexity index is 368. The average Bonchev–Trinajstić information content (AvgIpc) is 2.31. The Labute approximate surface area is 104 Å². The van der Waals surface area contributed by atoms with Crippen LogP contribution >= 0.6 is 0 Å². The number of nitrogens with zero attached hydrogens (tertiary/aromatic N) is 2. The molecule has 0 spiro atoms. The number of hydrogen-bond donors (Lipinski definition) is 2. The Hall–Kier alpha value is -1.55. The Morgan fingerprint density at radius 2 is 1.94 bits per heavy atom. The minimum absolute atomic E-state index is 0.288. The van der Waals surface area contributed by atoms with Crippen molar-refractivity contribution in [3.05, 3.63) is 35.4 Å². The summed E-state index contributed by atoms with van der Waals surface area (Å²) < 4.78 is 0. The quantitative estimate of drug-likeness (QED) is 0.606. The van der Waals surface area contributed by atoms with Crippen LogP contribution in [0.3, 0.4) is 0 Å². The van der Waals surface area contributed by atoms with Crippen LogP contribution in [0.5, 0.6) is 0 Å². The highest BCUT2D eigenvalue weighted by molar-refractivity contribution is 5.77. The van der Waals surface area contributed by atoms with Gasteiger partial charge in [-0.15, -0.1) is 0 Å². The molecule has 4 heteroatoms. The van der Waals surface area contributed by atoms with E-state index in [2.05, 4.69) is 60.5 Å². The summed E-state index contributed by atoms with van der Waals surface area (Å²) in [6.45, 7) is 2.84. The number of aryl methyl sites for hydroxylation is 1. The first-order valence-corrected chi connectivity index (χ1v) is 5.73. The predicted octanol–water partition coefficient (Wildman–Crippen LogP) is 1.13. The van der Waals surface area contributed by atoms with Crippen molar-refractivity contribution in [1.29, 1.82) is 0 Å². The molecule has 3 N–H and O–H groups in total. The van der Waals surface area contributed by atoms with Gasteiger partial charge in [-0.05, 0) is 26.6 Å². The van der Waals surface area contributed by atoms with Crippen molar-refractivity contribution < 1.29 is 0 Å². The van der Waals surface area contributed by atoms with Crippen LogP contribution in [0.4, 0.5) is 0 Å². The molecular formula is C13H22N4. The molecule has 0 saturated heterocycles. The summed E-state index contributed by atoms with van der Waals surface area (Å²) in [7, 11) is 5.80. The molecule has 17 heavy (non-hydrogen) atoms. The van der Waals surface area contributed by atoms with Gasteiger partial charge in [0, 0.05) is 13.6 Å². The molecule has 0 saturated carbocycles. The maximum atomic E-state index is 5.64. The van der Waals surface area contributed by atoms with Gasteiger partial charge in [-0.1, -0.05) is 29.8 Å². The Balaban J connectivity index is 2.75. The van der Waals surface area contributed by atoms with Crippen molar-refractivity contribution in [3.63, 3.8) is 0 Å². The fourth-order valence-electron chi connectivity index (χ4n) is 1.67. The average molecular weight is 234 g/mol. The molecular weight excluding hydrogens is 212 g/mol. The van der Waals surface area contributed by atoms with Crippen LogP contribution in [0.2, 0.25) is 0 Å². The van der Waals surface area contributed by atoms with Crippen LogP contribution in [0.25, 0.3) is 0 Å². The molecule has 0 aliphatic rings. The molecule has 1 rings (SSSR count).